The van der Waals surface area contributed by atoms with Crippen LogP contribution in [0.2, 0.25) is 0 Å². The number of nitrogens with one attached hydrogen (secondary N) is 1. The van der Waals surface area contributed by atoms with Gasteiger partial charge in [-0.05, 0) is 48.5 Å². The fourth-order valence-electron chi connectivity index (χ4n) is 2.13. The molecule has 0 saturated carbocycles. The fraction of sp³-hybridized carbons (Fsp3) is 0.667. The van der Waals surface area contributed by atoms with Gasteiger partial charge in [-0.3, -0.25) is 0 Å². The first kappa shape index (κ1) is 13.0. The fourth-order valence-corrected chi connectivity index (χ4v) is 2.63. The lowest BCUT2D eigenvalue weighted by molar-refractivity contribution is 0.296. The molecule has 94 valence electrons. The van der Waals surface area contributed by atoms with Gasteiger partial charge in [0.25, 0.3) is 0 Å². The van der Waals surface area contributed by atoms with E-state index in [1.807, 2.05) is 6.20 Å². The lowest BCUT2D eigenvalue weighted by Gasteiger charge is -2.20. The minimum absolute atomic E-state index is 0.954. The molecule has 0 atom stereocenters. The Morgan fingerprint density at radius 2 is 2.00 bits per heavy atom. The van der Waals surface area contributed by atoms with Crippen molar-refractivity contribution in [3.05, 3.63) is 16.1 Å². The largest absolute Gasteiger partial charge is 0.368 e. The number of hydrogen-bond acceptors (Lipinski definition) is 4. The van der Waals surface area contributed by atoms with Crippen LogP contribution in [-0.4, -0.2) is 41.0 Å². The Kier molecular flexibility index (Phi) is 5.44. The van der Waals surface area contributed by atoms with Gasteiger partial charge in [-0.1, -0.05) is 12.8 Å². The molecule has 17 heavy (non-hydrogen) atoms. The van der Waals surface area contributed by atoms with Gasteiger partial charge in [0.1, 0.15) is 12.1 Å². The zero-order valence-electron chi connectivity index (χ0n) is 10.0. The maximum atomic E-state index is 4.23. The van der Waals surface area contributed by atoms with E-state index < -0.39 is 0 Å². The molecule has 5 heteroatoms. The van der Waals surface area contributed by atoms with Gasteiger partial charge < -0.3 is 10.2 Å². The predicted octanol–water partition coefficient (Wildman–Crippen LogP) is 2.37. The number of halogens is 1. The highest BCUT2D eigenvalue weighted by molar-refractivity contribution is 14.1. The molecule has 1 N–H and O–H groups in total. The van der Waals surface area contributed by atoms with Gasteiger partial charge in [-0.25, -0.2) is 9.97 Å². The monoisotopic (exact) mass is 346 g/mol. The summed E-state index contributed by atoms with van der Waals surface area (Å²) in [4.78, 5) is 10.8. The van der Waals surface area contributed by atoms with Crippen LogP contribution < -0.4 is 5.32 Å². The van der Waals surface area contributed by atoms with Gasteiger partial charge in [0.2, 0.25) is 0 Å². The summed E-state index contributed by atoms with van der Waals surface area (Å²) < 4.78 is 1.08. The van der Waals surface area contributed by atoms with E-state index in [-0.39, 0.29) is 0 Å². The van der Waals surface area contributed by atoms with Crippen LogP contribution in [0.3, 0.4) is 0 Å². The number of likely N-dealkylation sites (tertiary alicyclic amines) is 1. The summed E-state index contributed by atoms with van der Waals surface area (Å²) in [6.07, 6.45) is 8.93. The zero-order chi connectivity index (χ0) is 11.9. The summed E-state index contributed by atoms with van der Waals surface area (Å²) in [5.41, 5.74) is 0. The number of hydrogen-bond donors (Lipinski definition) is 1. The summed E-state index contributed by atoms with van der Waals surface area (Å²) in [5, 5.41) is 3.38. The molecule has 2 rings (SSSR count). The van der Waals surface area contributed by atoms with E-state index >= 15 is 0 Å². The van der Waals surface area contributed by atoms with Crippen molar-refractivity contribution in [1.29, 1.82) is 0 Å². The molecule has 0 amide bonds. The van der Waals surface area contributed by atoms with Crippen molar-refractivity contribution >= 4 is 28.4 Å². The third kappa shape index (κ3) is 4.39. The van der Waals surface area contributed by atoms with E-state index in [1.54, 1.807) is 6.33 Å². The van der Waals surface area contributed by atoms with Gasteiger partial charge in [-0.15, -0.1) is 0 Å². The Hall–Kier alpha value is -0.430. The first-order valence-electron chi connectivity index (χ1n) is 6.28. The molecule has 1 aliphatic rings. The average Bonchev–Trinajstić information content (AvgIpc) is 2.60. The number of aromatic nitrogens is 2. The van der Waals surface area contributed by atoms with Crippen LogP contribution in [0.15, 0.2) is 12.5 Å². The Labute approximate surface area is 116 Å². The number of rotatable bonds is 4. The maximum absolute atomic E-state index is 4.23. The average molecular weight is 346 g/mol. The zero-order valence-corrected chi connectivity index (χ0v) is 12.2. The second-order valence-electron chi connectivity index (χ2n) is 4.40. The highest BCUT2D eigenvalue weighted by atomic mass is 127. The van der Waals surface area contributed by atoms with E-state index in [2.05, 4.69) is 42.8 Å². The highest BCUT2D eigenvalue weighted by Crippen LogP contribution is 2.12. The lowest BCUT2D eigenvalue weighted by Crippen LogP contribution is -2.30. The summed E-state index contributed by atoms with van der Waals surface area (Å²) in [7, 11) is 0. The van der Waals surface area contributed by atoms with Gasteiger partial charge in [-0.2, -0.15) is 0 Å². The lowest BCUT2D eigenvalue weighted by atomic mass is 10.2. The molecule has 0 aliphatic carbocycles. The molecule has 1 aromatic heterocycles. The Morgan fingerprint density at radius 3 is 2.71 bits per heavy atom. The van der Waals surface area contributed by atoms with Gasteiger partial charge in [0.15, 0.2) is 0 Å². The minimum atomic E-state index is 0.954. The van der Waals surface area contributed by atoms with Crippen LogP contribution >= 0.6 is 22.6 Å². The Morgan fingerprint density at radius 1 is 1.24 bits per heavy atom. The van der Waals surface area contributed by atoms with Crippen molar-refractivity contribution in [2.45, 2.75) is 25.7 Å². The van der Waals surface area contributed by atoms with Gasteiger partial charge in [0, 0.05) is 19.3 Å². The summed E-state index contributed by atoms with van der Waals surface area (Å²) >= 11 is 2.26. The topological polar surface area (TPSA) is 41.1 Å². The van der Waals surface area contributed by atoms with Crippen molar-refractivity contribution < 1.29 is 0 Å². The first-order chi connectivity index (χ1) is 8.36. The molecular weight excluding hydrogens is 327 g/mol. The molecule has 0 radical (unpaired) electrons. The second-order valence-corrected chi connectivity index (χ2v) is 5.56. The third-order valence-corrected chi connectivity index (χ3v) is 3.88. The molecule has 4 nitrogen and oxygen atoms in total. The quantitative estimate of drug-likeness (QED) is 0.850. The molecule has 0 bridgehead atoms. The van der Waals surface area contributed by atoms with Crippen molar-refractivity contribution in [1.82, 2.24) is 14.9 Å². The van der Waals surface area contributed by atoms with Crippen molar-refractivity contribution in [2.75, 3.05) is 31.5 Å². The van der Waals surface area contributed by atoms with Gasteiger partial charge in [0.05, 0.1) is 3.57 Å². The second kappa shape index (κ2) is 7.10. The predicted molar refractivity (Wildman–Crippen MR) is 78.1 cm³/mol. The van der Waals surface area contributed by atoms with E-state index in [1.165, 1.54) is 38.8 Å². The molecule has 0 aromatic carbocycles. The van der Waals surface area contributed by atoms with Gasteiger partial charge >= 0.3 is 0 Å². The van der Waals surface area contributed by atoms with Crippen LogP contribution in [0.1, 0.15) is 25.7 Å². The molecule has 2 heterocycles. The Bertz CT molecular complexity index is 337. The smallest absolute Gasteiger partial charge is 0.142 e. The summed E-state index contributed by atoms with van der Waals surface area (Å²) in [5.74, 6) is 0.954. The normalized spacial score (nSPS) is 17.7. The van der Waals surface area contributed by atoms with E-state index in [0.29, 0.717) is 0 Å². The van der Waals surface area contributed by atoms with Crippen LogP contribution in [0.5, 0.6) is 0 Å². The van der Waals surface area contributed by atoms with E-state index in [4.69, 9.17) is 0 Å². The molecule has 0 unspecified atom stereocenters. The highest BCUT2D eigenvalue weighted by Gasteiger charge is 2.08. The number of anilines is 1. The van der Waals surface area contributed by atoms with Crippen molar-refractivity contribution in [3.8, 4) is 0 Å². The first-order valence-corrected chi connectivity index (χ1v) is 7.36. The maximum Gasteiger partial charge on any atom is 0.142 e. The summed E-state index contributed by atoms with van der Waals surface area (Å²) in [6.45, 7) is 4.58. The van der Waals surface area contributed by atoms with Crippen molar-refractivity contribution in [2.24, 2.45) is 0 Å². The summed E-state index contributed by atoms with van der Waals surface area (Å²) in [6, 6.07) is 0. The van der Waals surface area contributed by atoms with E-state index in [0.717, 1.165) is 22.5 Å². The van der Waals surface area contributed by atoms with Crippen LogP contribution in [0, 0.1) is 3.57 Å². The SMILES string of the molecule is Ic1cncnc1NCCN1CCCCCC1. The third-order valence-electron chi connectivity index (χ3n) is 3.09. The molecule has 1 fully saturated rings. The molecule has 1 aliphatic heterocycles. The number of nitrogens with zero attached hydrogens (tertiary/aromatic N) is 3. The molecule has 1 saturated heterocycles. The van der Waals surface area contributed by atoms with E-state index in [9.17, 15) is 0 Å². The molecule has 0 spiro atoms. The molecule has 1 aromatic rings. The van der Waals surface area contributed by atoms with Crippen molar-refractivity contribution in [3.63, 3.8) is 0 Å². The Balaban J connectivity index is 1.73. The van der Waals surface area contributed by atoms with Crippen LogP contribution in [0.25, 0.3) is 0 Å². The van der Waals surface area contributed by atoms with Crippen LogP contribution in [-0.2, 0) is 0 Å². The standard InChI is InChI=1S/C12H19IN4/c13-11-9-14-10-16-12(11)15-5-8-17-6-3-1-2-4-7-17/h9-10H,1-8H2,(H,14,15,16). The molecular formula is C12H19IN4. The van der Waals surface area contributed by atoms with Crippen LogP contribution in [0.4, 0.5) is 5.82 Å². The minimum Gasteiger partial charge on any atom is -0.368 e.